The topological polar surface area (TPSA) is 69.4 Å². The fourth-order valence-electron chi connectivity index (χ4n) is 1.49. The average molecular weight is 249 g/mol. The molecule has 0 bridgehead atoms. The van der Waals surface area contributed by atoms with Gasteiger partial charge in [0.1, 0.15) is 5.75 Å². The lowest BCUT2D eigenvalue weighted by molar-refractivity contribution is 0.488. The minimum atomic E-state index is -3.98. The predicted molar refractivity (Wildman–Crippen MR) is 65.6 cm³/mol. The smallest absolute Gasteiger partial charge is 0.371 e. The minimum absolute atomic E-state index is 0.203. The van der Waals surface area contributed by atoms with Crippen molar-refractivity contribution in [1.82, 2.24) is 0 Å². The summed E-state index contributed by atoms with van der Waals surface area (Å²) in [6, 6.07) is 16.3. The Hall–Kier alpha value is -1.85. The summed E-state index contributed by atoms with van der Waals surface area (Å²) in [4.78, 5) is 0. The Labute approximate surface area is 99.9 Å². The second-order valence-electron chi connectivity index (χ2n) is 3.47. The second kappa shape index (κ2) is 4.57. The van der Waals surface area contributed by atoms with Gasteiger partial charge in [0, 0.05) is 0 Å². The molecule has 2 N–H and O–H groups in total. The highest BCUT2D eigenvalue weighted by Crippen LogP contribution is 2.23. The highest BCUT2D eigenvalue weighted by molar-refractivity contribution is 7.84. The first-order valence-electron chi connectivity index (χ1n) is 4.92. The molecule has 4 nitrogen and oxygen atoms in total. The van der Waals surface area contributed by atoms with Crippen LogP contribution in [-0.4, -0.2) is 8.42 Å². The van der Waals surface area contributed by atoms with Gasteiger partial charge in [-0.3, -0.25) is 0 Å². The molecule has 0 spiro atoms. The molecular formula is C12H11NO3S. The molecule has 0 atom stereocenters. The summed E-state index contributed by atoms with van der Waals surface area (Å²) >= 11 is 0. The van der Waals surface area contributed by atoms with E-state index in [2.05, 4.69) is 4.18 Å². The van der Waals surface area contributed by atoms with E-state index in [4.69, 9.17) is 5.14 Å². The van der Waals surface area contributed by atoms with E-state index in [-0.39, 0.29) is 5.75 Å². The van der Waals surface area contributed by atoms with Crippen LogP contribution in [-0.2, 0) is 10.3 Å². The summed E-state index contributed by atoms with van der Waals surface area (Å²) in [5.74, 6) is 0.203. The third kappa shape index (κ3) is 3.30. The molecule has 2 aromatic carbocycles. The number of hydrogen-bond acceptors (Lipinski definition) is 3. The standard InChI is InChI=1S/C12H11NO3S/c13-17(14,15)16-12-8-4-7-11(9-12)10-5-2-1-3-6-10/h1-9H,(H2,13,14,15). The number of nitrogens with two attached hydrogens (primary N) is 1. The van der Waals surface area contributed by atoms with Gasteiger partial charge >= 0.3 is 10.3 Å². The molecule has 0 radical (unpaired) electrons. The first-order chi connectivity index (χ1) is 8.04. The van der Waals surface area contributed by atoms with Crippen molar-refractivity contribution in [2.45, 2.75) is 0 Å². The van der Waals surface area contributed by atoms with Gasteiger partial charge in [-0.15, -0.1) is 0 Å². The molecule has 88 valence electrons. The molecule has 0 aliphatic heterocycles. The maximum atomic E-state index is 10.8. The van der Waals surface area contributed by atoms with Crippen molar-refractivity contribution in [1.29, 1.82) is 0 Å². The van der Waals surface area contributed by atoms with Crippen LogP contribution in [0.4, 0.5) is 0 Å². The van der Waals surface area contributed by atoms with E-state index in [1.54, 1.807) is 12.1 Å². The van der Waals surface area contributed by atoms with Gasteiger partial charge in [-0.2, -0.15) is 13.6 Å². The maximum absolute atomic E-state index is 10.8. The van der Waals surface area contributed by atoms with Crippen LogP contribution in [0.25, 0.3) is 11.1 Å². The normalized spacial score (nSPS) is 11.1. The molecule has 0 saturated carbocycles. The SMILES string of the molecule is NS(=O)(=O)Oc1cccc(-c2ccccc2)c1. The summed E-state index contributed by atoms with van der Waals surface area (Å²) < 4.78 is 26.2. The highest BCUT2D eigenvalue weighted by atomic mass is 32.2. The molecule has 0 saturated heterocycles. The van der Waals surface area contributed by atoms with Crippen LogP contribution in [0.2, 0.25) is 0 Å². The Morgan fingerprint density at radius 2 is 1.53 bits per heavy atom. The van der Waals surface area contributed by atoms with Crippen molar-refractivity contribution in [2.24, 2.45) is 5.14 Å². The second-order valence-corrected chi connectivity index (χ2v) is 4.62. The Morgan fingerprint density at radius 1 is 0.882 bits per heavy atom. The zero-order valence-corrected chi connectivity index (χ0v) is 9.72. The van der Waals surface area contributed by atoms with Gasteiger partial charge in [0.05, 0.1) is 0 Å². The van der Waals surface area contributed by atoms with E-state index in [0.29, 0.717) is 0 Å². The van der Waals surface area contributed by atoms with Gasteiger partial charge < -0.3 is 4.18 Å². The minimum Gasteiger partial charge on any atom is -0.371 e. The molecule has 2 aromatic rings. The fourth-order valence-corrected chi connectivity index (χ4v) is 1.86. The van der Waals surface area contributed by atoms with E-state index >= 15 is 0 Å². The summed E-state index contributed by atoms with van der Waals surface area (Å²) in [5, 5.41) is 4.81. The zero-order chi connectivity index (χ0) is 12.3. The maximum Gasteiger partial charge on any atom is 0.380 e. The molecule has 5 heteroatoms. The molecule has 17 heavy (non-hydrogen) atoms. The van der Waals surface area contributed by atoms with E-state index in [1.807, 2.05) is 36.4 Å². The Balaban J connectivity index is 2.36. The first kappa shape index (κ1) is 11.6. The summed E-state index contributed by atoms with van der Waals surface area (Å²) in [5.41, 5.74) is 1.85. The van der Waals surface area contributed by atoms with Crippen LogP contribution in [0.1, 0.15) is 0 Å². The molecular weight excluding hydrogens is 238 g/mol. The van der Waals surface area contributed by atoms with E-state index in [9.17, 15) is 8.42 Å². The molecule has 0 fully saturated rings. The molecule has 0 aromatic heterocycles. The molecule has 0 unspecified atom stereocenters. The van der Waals surface area contributed by atoms with Crippen LogP contribution in [0, 0.1) is 0 Å². The summed E-state index contributed by atoms with van der Waals surface area (Å²) in [7, 11) is -3.98. The van der Waals surface area contributed by atoms with Gasteiger partial charge in [0.25, 0.3) is 0 Å². The Bertz CT molecular complexity index is 609. The molecule has 2 rings (SSSR count). The van der Waals surface area contributed by atoms with Gasteiger partial charge in [-0.05, 0) is 23.3 Å². The van der Waals surface area contributed by atoms with Crippen LogP contribution >= 0.6 is 0 Å². The van der Waals surface area contributed by atoms with E-state index in [0.717, 1.165) is 11.1 Å². The molecule has 0 amide bonds. The zero-order valence-electron chi connectivity index (χ0n) is 8.91. The number of rotatable bonds is 3. The van der Waals surface area contributed by atoms with Crippen LogP contribution < -0.4 is 9.32 Å². The van der Waals surface area contributed by atoms with E-state index in [1.165, 1.54) is 6.07 Å². The Kier molecular flexibility index (Phi) is 3.12. The lowest BCUT2D eigenvalue weighted by Crippen LogP contribution is -2.18. The third-order valence-electron chi connectivity index (χ3n) is 2.15. The average Bonchev–Trinajstić information content (AvgIpc) is 2.28. The fraction of sp³-hybridized carbons (Fsp3) is 0. The van der Waals surface area contributed by atoms with Crippen molar-refractivity contribution in [2.75, 3.05) is 0 Å². The van der Waals surface area contributed by atoms with Crippen molar-refractivity contribution >= 4 is 10.3 Å². The van der Waals surface area contributed by atoms with Gasteiger partial charge in [0.15, 0.2) is 0 Å². The van der Waals surface area contributed by atoms with Crippen molar-refractivity contribution in [3.8, 4) is 16.9 Å². The van der Waals surface area contributed by atoms with E-state index < -0.39 is 10.3 Å². The van der Waals surface area contributed by atoms with Crippen molar-refractivity contribution in [3.05, 3.63) is 54.6 Å². The van der Waals surface area contributed by atoms with Crippen LogP contribution in [0.5, 0.6) is 5.75 Å². The third-order valence-corrected chi connectivity index (χ3v) is 2.58. The monoisotopic (exact) mass is 249 g/mol. The molecule has 0 heterocycles. The van der Waals surface area contributed by atoms with Gasteiger partial charge in [0.2, 0.25) is 0 Å². The predicted octanol–water partition coefficient (Wildman–Crippen LogP) is 1.94. The summed E-state index contributed by atoms with van der Waals surface area (Å²) in [6.07, 6.45) is 0. The first-order valence-corrected chi connectivity index (χ1v) is 6.39. The molecule has 0 aliphatic carbocycles. The summed E-state index contributed by atoms with van der Waals surface area (Å²) in [6.45, 7) is 0. The van der Waals surface area contributed by atoms with Crippen molar-refractivity contribution in [3.63, 3.8) is 0 Å². The largest absolute Gasteiger partial charge is 0.380 e. The quantitative estimate of drug-likeness (QED) is 0.903. The van der Waals surface area contributed by atoms with Crippen LogP contribution in [0.3, 0.4) is 0 Å². The highest BCUT2D eigenvalue weighted by Gasteiger charge is 2.05. The number of hydrogen-bond donors (Lipinski definition) is 1. The van der Waals surface area contributed by atoms with Crippen LogP contribution in [0.15, 0.2) is 54.6 Å². The molecule has 0 aliphatic rings. The lowest BCUT2D eigenvalue weighted by Gasteiger charge is -2.05. The van der Waals surface area contributed by atoms with Crippen molar-refractivity contribution < 1.29 is 12.6 Å². The number of benzene rings is 2. The van der Waals surface area contributed by atoms with Gasteiger partial charge in [-0.1, -0.05) is 42.5 Å². The Morgan fingerprint density at radius 3 is 2.18 bits per heavy atom. The van der Waals surface area contributed by atoms with Gasteiger partial charge in [-0.25, -0.2) is 0 Å². The lowest BCUT2D eigenvalue weighted by atomic mass is 10.1.